The number of ether oxygens (including phenoxy) is 5. The van der Waals surface area contributed by atoms with E-state index in [1.807, 2.05) is 97.1 Å². The fourth-order valence-electron chi connectivity index (χ4n) is 7.81. The van der Waals surface area contributed by atoms with Gasteiger partial charge in [-0.05, 0) is 62.8 Å². The smallest absolute Gasteiger partial charge is 0.407 e. The summed E-state index contributed by atoms with van der Waals surface area (Å²) in [6.45, 7) is 6.44. The third-order valence-corrected chi connectivity index (χ3v) is 11.0. The van der Waals surface area contributed by atoms with Crippen molar-refractivity contribution in [2.45, 2.75) is 83.6 Å². The Labute approximate surface area is 360 Å². The first kappa shape index (κ1) is 44.8. The van der Waals surface area contributed by atoms with Gasteiger partial charge >= 0.3 is 36.1 Å². The number of hydrogen-bond acceptors (Lipinski definition) is 11. The number of carboxylic acid groups (broad SMARTS) is 1. The first-order valence-electron chi connectivity index (χ1n) is 20.8. The summed E-state index contributed by atoms with van der Waals surface area (Å²) in [4.78, 5) is 76.9. The molecule has 14 heteroatoms. The summed E-state index contributed by atoms with van der Waals surface area (Å²) < 4.78 is 27.8. The highest BCUT2D eigenvalue weighted by molar-refractivity contribution is 5.84. The average molecular weight is 849 g/mol. The van der Waals surface area contributed by atoms with Crippen molar-refractivity contribution < 1.29 is 57.6 Å². The molecule has 1 unspecified atom stereocenters. The second-order valence-corrected chi connectivity index (χ2v) is 15.9. The highest BCUT2D eigenvalue weighted by Gasteiger charge is 2.34. The zero-order valence-electron chi connectivity index (χ0n) is 35.2. The Morgan fingerprint density at radius 3 is 1.35 bits per heavy atom. The van der Waals surface area contributed by atoms with Crippen LogP contribution in [0.3, 0.4) is 0 Å². The summed E-state index contributed by atoms with van der Waals surface area (Å²) in [5.41, 5.74) is 8.36. The lowest BCUT2D eigenvalue weighted by molar-refractivity contribution is -0.193. The molecule has 14 nitrogen and oxygen atoms in total. The van der Waals surface area contributed by atoms with E-state index in [4.69, 9.17) is 28.8 Å². The standard InChI is InChI=1S/C48H52N2O12/c1-28(2)43(49-47(56)59-26-38-34-18-9-5-14-30(34)31-15-6-10-19-35(31)38)45(54)58-25-24-42(61-41(53)23-13-22-40(51)52)62-46(55)44(29(3)4)50-48(57)60-27-39-36-20-11-7-16-32(36)33-17-8-12-21-37(33)39/h5-12,14-21,28-29,38-39,42-44H,13,22-27H2,1-4H3,(H,49,56)(H,50,57)(H,51,52)/t42?,43-,44-/m0/s1. The predicted molar refractivity (Wildman–Crippen MR) is 227 cm³/mol. The molecule has 62 heavy (non-hydrogen) atoms. The summed E-state index contributed by atoms with van der Waals surface area (Å²) in [5, 5.41) is 14.2. The number of nitrogens with one attached hydrogen (secondary N) is 2. The molecule has 0 aliphatic heterocycles. The lowest BCUT2D eigenvalue weighted by Gasteiger charge is -2.25. The number of fused-ring (bicyclic) bond motifs is 6. The molecule has 0 aromatic heterocycles. The van der Waals surface area contributed by atoms with Crippen molar-refractivity contribution in [3.63, 3.8) is 0 Å². The molecule has 2 aliphatic carbocycles. The number of esters is 3. The van der Waals surface area contributed by atoms with Crippen molar-refractivity contribution in [1.82, 2.24) is 10.6 Å². The third kappa shape index (κ3) is 11.0. The number of aliphatic carboxylic acids is 1. The molecule has 6 rings (SSSR count). The van der Waals surface area contributed by atoms with E-state index < -0.39 is 72.9 Å². The molecule has 0 spiro atoms. The van der Waals surface area contributed by atoms with Crippen LogP contribution in [0.15, 0.2) is 97.1 Å². The second-order valence-electron chi connectivity index (χ2n) is 15.9. The Balaban J connectivity index is 1.04. The highest BCUT2D eigenvalue weighted by atomic mass is 16.7. The molecule has 2 aliphatic rings. The Hall–Kier alpha value is -6.70. The molecule has 4 aromatic rings. The van der Waals surface area contributed by atoms with Crippen molar-refractivity contribution in [3.05, 3.63) is 119 Å². The fraction of sp³-hybridized carbons (Fsp3) is 0.375. The van der Waals surface area contributed by atoms with Crippen molar-refractivity contribution in [1.29, 1.82) is 0 Å². The molecule has 0 radical (unpaired) electrons. The Morgan fingerprint density at radius 1 is 0.548 bits per heavy atom. The summed E-state index contributed by atoms with van der Waals surface area (Å²) in [7, 11) is 0. The van der Waals surface area contributed by atoms with Gasteiger partial charge in [-0.2, -0.15) is 0 Å². The van der Waals surface area contributed by atoms with Crippen LogP contribution in [-0.2, 0) is 42.9 Å². The van der Waals surface area contributed by atoms with E-state index in [1.165, 1.54) is 0 Å². The third-order valence-electron chi connectivity index (χ3n) is 11.0. The zero-order valence-corrected chi connectivity index (χ0v) is 35.2. The molecule has 0 saturated heterocycles. The Bertz CT molecular complexity index is 2180. The number of benzene rings is 4. The first-order valence-corrected chi connectivity index (χ1v) is 20.8. The van der Waals surface area contributed by atoms with Gasteiger partial charge in [0, 0.05) is 24.7 Å². The summed E-state index contributed by atoms with van der Waals surface area (Å²) in [5.74, 6) is -5.01. The van der Waals surface area contributed by atoms with Crippen LogP contribution in [0.2, 0.25) is 0 Å². The van der Waals surface area contributed by atoms with Crippen LogP contribution in [0, 0.1) is 11.8 Å². The Morgan fingerprint density at radius 2 is 0.952 bits per heavy atom. The monoisotopic (exact) mass is 848 g/mol. The van der Waals surface area contributed by atoms with Crippen LogP contribution in [0.4, 0.5) is 9.59 Å². The number of carbonyl (C=O) groups excluding carboxylic acids is 5. The van der Waals surface area contributed by atoms with Crippen LogP contribution in [0.5, 0.6) is 0 Å². The van der Waals surface area contributed by atoms with Gasteiger partial charge in [-0.25, -0.2) is 19.2 Å². The quantitative estimate of drug-likeness (QED) is 0.0474. The molecular weight excluding hydrogens is 797 g/mol. The van der Waals surface area contributed by atoms with Crippen molar-refractivity contribution in [2.24, 2.45) is 11.8 Å². The minimum Gasteiger partial charge on any atom is -0.481 e. The van der Waals surface area contributed by atoms with Crippen molar-refractivity contribution in [3.8, 4) is 22.3 Å². The van der Waals surface area contributed by atoms with Crippen LogP contribution in [0.1, 0.15) is 87.5 Å². The van der Waals surface area contributed by atoms with E-state index in [1.54, 1.807) is 27.7 Å². The van der Waals surface area contributed by atoms with E-state index >= 15 is 0 Å². The number of carbonyl (C=O) groups is 6. The molecule has 2 amide bonds. The Kier molecular flexibility index (Phi) is 15.0. The number of alkyl carbamates (subject to hydrolysis) is 2. The topological polar surface area (TPSA) is 193 Å². The lowest BCUT2D eigenvalue weighted by atomic mass is 9.98. The van der Waals surface area contributed by atoms with E-state index in [9.17, 15) is 28.8 Å². The van der Waals surface area contributed by atoms with Crippen LogP contribution in [-0.4, -0.2) is 79.4 Å². The van der Waals surface area contributed by atoms with Gasteiger partial charge in [0.2, 0.25) is 0 Å². The van der Waals surface area contributed by atoms with Crippen LogP contribution in [0.25, 0.3) is 22.3 Å². The highest BCUT2D eigenvalue weighted by Crippen LogP contribution is 2.45. The molecule has 3 N–H and O–H groups in total. The predicted octanol–water partition coefficient (Wildman–Crippen LogP) is 7.71. The van der Waals surface area contributed by atoms with E-state index in [2.05, 4.69) is 10.6 Å². The number of hydrogen-bond donors (Lipinski definition) is 3. The second kappa shape index (κ2) is 20.7. The molecule has 0 fully saturated rings. The molecule has 0 bridgehead atoms. The van der Waals surface area contributed by atoms with Crippen molar-refractivity contribution in [2.75, 3.05) is 19.8 Å². The van der Waals surface area contributed by atoms with Gasteiger partial charge in [0.25, 0.3) is 6.29 Å². The van der Waals surface area contributed by atoms with Gasteiger partial charge in [0.1, 0.15) is 25.3 Å². The maximum Gasteiger partial charge on any atom is 0.407 e. The summed E-state index contributed by atoms with van der Waals surface area (Å²) in [6, 6.07) is 29.2. The molecule has 3 atom stereocenters. The normalized spacial score (nSPS) is 14.0. The number of rotatable bonds is 19. The maximum atomic E-state index is 13.6. The number of amides is 2. The van der Waals surface area contributed by atoms with E-state index in [0.29, 0.717) is 0 Å². The molecule has 0 heterocycles. The minimum atomic E-state index is -1.58. The van der Waals surface area contributed by atoms with E-state index in [-0.39, 0.29) is 50.7 Å². The SMILES string of the molecule is CC(C)[C@H](NC(=O)OCC1c2ccccc2-c2ccccc21)C(=O)OCCC(OC(=O)CCCC(=O)O)OC(=O)[C@@H](NC(=O)OCC1c2ccccc2-c2ccccc21)C(C)C. The number of carboxylic acids is 1. The summed E-state index contributed by atoms with van der Waals surface area (Å²) in [6.07, 6.45) is -4.16. The van der Waals surface area contributed by atoms with Crippen LogP contribution >= 0.6 is 0 Å². The lowest BCUT2D eigenvalue weighted by Crippen LogP contribution is -2.47. The van der Waals surface area contributed by atoms with Gasteiger partial charge in [-0.3, -0.25) is 9.59 Å². The van der Waals surface area contributed by atoms with Crippen molar-refractivity contribution >= 4 is 36.1 Å². The average Bonchev–Trinajstić information content (AvgIpc) is 3.74. The molecule has 0 saturated carbocycles. The maximum absolute atomic E-state index is 13.6. The zero-order chi connectivity index (χ0) is 44.3. The van der Waals surface area contributed by atoms with Gasteiger partial charge in [0.15, 0.2) is 0 Å². The van der Waals surface area contributed by atoms with Gasteiger partial charge in [-0.1, -0.05) is 125 Å². The van der Waals surface area contributed by atoms with Crippen LogP contribution < -0.4 is 10.6 Å². The van der Waals surface area contributed by atoms with E-state index in [0.717, 1.165) is 44.5 Å². The molecule has 4 aromatic carbocycles. The molecule has 326 valence electrons. The summed E-state index contributed by atoms with van der Waals surface area (Å²) >= 11 is 0. The minimum absolute atomic E-state index is 0.00912. The van der Waals surface area contributed by atoms with Gasteiger partial charge < -0.3 is 39.4 Å². The van der Waals surface area contributed by atoms with Gasteiger partial charge in [-0.15, -0.1) is 0 Å². The molecular formula is C48H52N2O12. The largest absolute Gasteiger partial charge is 0.481 e. The first-order chi connectivity index (χ1) is 29.8. The fourth-order valence-corrected chi connectivity index (χ4v) is 7.81. The van der Waals surface area contributed by atoms with Gasteiger partial charge in [0.05, 0.1) is 13.0 Å².